The Labute approximate surface area is 160 Å². The summed E-state index contributed by atoms with van der Waals surface area (Å²) in [4.78, 5) is 11.0. The Morgan fingerprint density at radius 2 is 1.85 bits per heavy atom. The summed E-state index contributed by atoms with van der Waals surface area (Å²) >= 11 is 0. The number of rotatable bonds is 3. The number of hydrogen-bond donors (Lipinski definition) is 1. The first-order valence-electron chi connectivity index (χ1n) is 9.79. The molecule has 2 aromatic carbocycles. The van der Waals surface area contributed by atoms with Crippen LogP contribution in [0, 0.1) is 0 Å². The zero-order chi connectivity index (χ0) is 18.1. The first-order chi connectivity index (χ1) is 13.4. The lowest BCUT2D eigenvalue weighted by Gasteiger charge is -2.24. The van der Waals surface area contributed by atoms with E-state index in [1.54, 1.807) is 6.33 Å². The van der Waals surface area contributed by atoms with Gasteiger partial charge in [-0.05, 0) is 48.2 Å². The predicted molar refractivity (Wildman–Crippen MR) is 109 cm³/mol. The molecule has 0 saturated carbocycles. The van der Waals surface area contributed by atoms with E-state index in [4.69, 9.17) is 0 Å². The van der Waals surface area contributed by atoms with E-state index in [1.807, 2.05) is 12.4 Å². The first-order valence-corrected chi connectivity index (χ1v) is 9.79. The van der Waals surface area contributed by atoms with E-state index in [1.165, 1.54) is 41.8 Å². The SMILES string of the molecule is c1ccc(CN2CCCC3Nc4ccc(-c5cncnc5)cc4[C@@H]3C2)cc1. The highest BCUT2D eigenvalue weighted by atomic mass is 15.1. The van der Waals surface area contributed by atoms with Crippen molar-refractivity contribution >= 4 is 5.69 Å². The van der Waals surface area contributed by atoms with E-state index >= 15 is 0 Å². The van der Waals surface area contributed by atoms with Crippen molar-refractivity contribution in [2.45, 2.75) is 31.3 Å². The third-order valence-corrected chi connectivity index (χ3v) is 5.86. The van der Waals surface area contributed by atoms with E-state index < -0.39 is 0 Å². The van der Waals surface area contributed by atoms with Crippen LogP contribution < -0.4 is 5.32 Å². The van der Waals surface area contributed by atoms with Gasteiger partial charge in [-0.25, -0.2) is 9.97 Å². The molecular formula is C23H24N4. The molecule has 0 spiro atoms. The number of hydrogen-bond acceptors (Lipinski definition) is 4. The van der Waals surface area contributed by atoms with Gasteiger partial charge in [-0.3, -0.25) is 4.90 Å². The van der Waals surface area contributed by atoms with E-state index in [2.05, 4.69) is 68.7 Å². The Morgan fingerprint density at radius 1 is 1.00 bits per heavy atom. The lowest BCUT2D eigenvalue weighted by Crippen LogP contribution is -2.29. The minimum absolute atomic E-state index is 0.538. The second-order valence-electron chi connectivity index (χ2n) is 7.65. The van der Waals surface area contributed by atoms with Crippen LogP contribution in [0.25, 0.3) is 11.1 Å². The lowest BCUT2D eigenvalue weighted by atomic mass is 9.91. The fourth-order valence-electron chi connectivity index (χ4n) is 4.53. The monoisotopic (exact) mass is 356 g/mol. The van der Waals surface area contributed by atoms with Gasteiger partial charge in [0.15, 0.2) is 0 Å². The molecule has 1 N–H and O–H groups in total. The van der Waals surface area contributed by atoms with Crippen molar-refractivity contribution < 1.29 is 0 Å². The Morgan fingerprint density at radius 3 is 2.70 bits per heavy atom. The predicted octanol–water partition coefficient (Wildman–Crippen LogP) is 4.32. The van der Waals surface area contributed by atoms with E-state index in [0.29, 0.717) is 12.0 Å². The molecule has 1 saturated heterocycles. The molecule has 2 aliphatic rings. The molecule has 5 rings (SSSR count). The van der Waals surface area contributed by atoms with E-state index in [9.17, 15) is 0 Å². The third kappa shape index (κ3) is 3.33. The number of anilines is 1. The summed E-state index contributed by atoms with van der Waals surface area (Å²) in [6.07, 6.45) is 7.84. The van der Waals surface area contributed by atoms with Gasteiger partial charge in [0.2, 0.25) is 0 Å². The number of nitrogens with one attached hydrogen (secondary N) is 1. The quantitative estimate of drug-likeness (QED) is 0.759. The Bertz CT molecular complexity index is 910. The number of aromatic nitrogens is 2. The van der Waals surface area contributed by atoms with Gasteiger partial charge >= 0.3 is 0 Å². The third-order valence-electron chi connectivity index (χ3n) is 5.86. The molecular weight excluding hydrogens is 332 g/mol. The normalized spacial score (nSPS) is 21.8. The van der Waals surface area contributed by atoms with Crippen LogP contribution in [0.4, 0.5) is 5.69 Å². The number of fused-ring (bicyclic) bond motifs is 3. The molecule has 4 nitrogen and oxygen atoms in total. The fraction of sp³-hybridized carbons (Fsp3) is 0.304. The summed E-state index contributed by atoms with van der Waals surface area (Å²) in [5.41, 5.74) is 6.43. The average Bonchev–Trinajstić information content (AvgIpc) is 2.93. The first kappa shape index (κ1) is 16.5. The molecule has 0 amide bonds. The minimum atomic E-state index is 0.538. The molecule has 1 unspecified atom stereocenters. The molecule has 3 aromatic rings. The molecule has 2 atom stereocenters. The molecule has 27 heavy (non-hydrogen) atoms. The largest absolute Gasteiger partial charge is 0.381 e. The molecule has 0 aliphatic carbocycles. The molecule has 2 aliphatic heterocycles. The zero-order valence-corrected chi connectivity index (χ0v) is 15.4. The van der Waals surface area contributed by atoms with Gasteiger partial charge in [0.1, 0.15) is 6.33 Å². The van der Waals surface area contributed by atoms with Gasteiger partial charge in [-0.2, -0.15) is 0 Å². The van der Waals surface area contributed by atoms with Crippen LogP contribution >= 0.6 is 0 Å². The smallest absolute Gasteiger partial charge is 0.115 e. The standard InChI is InChI=1S/C23H24N4/c1-2-5-17(6-3-1)14-27-10-4-7-22-21(15-27)20-11-18(8-9-23(20)26-22)19-12-24-16-25-13-19/h1-3,5-6,8-9,11-13,16,21-22,26H,4,7,10,14-15H2/t21-,22?/m0/s1. The van der Waals surface area contributed by atoms with Crippen molar-refractivity contribution in [1.29, 1.82) is 0 Å². The highest BCUT2D eigenvalue weighted by molar-refractivity contribution is 5.70. The van der Waals surface area contributed by atoms with Crippen LogP contribution in [0.15, 0.2) is 67.3 Å². The van der Waals surface area contributed by atoms with Crippen LogP contribution in [-0.2, 0) is 6.54 Å². The van der Waals surface area contributed by atoms with Gasteiger partial charge in [0.05, 0.1) is 0 Å². The number of likely N-dealkylation sites (tertiary alicyclic amines) is 1. The van der Waals surface area contributed by atoms with Crippen LogP contribution in [-0.4, -0.2) is 34.0 Å². The fourth-order valence-corrected chi connectivity index (χ4v) is 4.53. The van der Waals surface area contributed by atoms with Gasteiger partial charge in [0.25, 0.3) is 0 Å². The van der Waals surface area contributed by atoms with Crippen molar-refractivity contribution in [1.82, 2.24) is 14.9 Å². The second kappa shape index (κ2) is 7.12. The highest BCUT2D eigenvalue weighted by Crippen LogP contribution is 2.41. The average molecular weight is 356 g/mol. The Kier molecular flexibility index (Phi) is 4.34. The Balaban J connectivity index is 1.42. The van der Waals surface area contributed by atoms with Crippen molar-refractivity contribution in [3.8, 4) is 11.1 Å². The highest BCUT2D eigenvalue weighted by Gasteiger charge is 2.35. The maximum Gasteiger partial charge on any atom is 0.115 e. The Hall–Kier alpha value is -2.72. The maximum absolute atomic E-state index is 4.18. The van der Waals surface area contributed by atoms with Gasteiger partial charge in [0, 0.05) is 48.7 Å². The minimum Gasteiger partial charge on any atom is -0.381 e. The number of benzene rings is 2. The second-order valence-corrected chi connectivity index (χ2v) is 7.65. The van der Waals surface area contributed by atoms with Crippen molar-refractivity contribution in [3.05, 3.63) is 78.4 Å². The van der Waals surface area contributed by atoms with E-state index in [0.717, 1.165) is 18.7 Å². The van der Waals surface area contributed by atoms with Gasteiger partial charge in [-0.1, -0.05) is 36.4 Å². The summed E-state index contributed by atoms with van der Waals surface area (Å²) in [6.45, 7) is 3.31. The summed E-state index contributed by atoms with van der Waals surface area (Å²) in [7, 11) is 0. The van der Waals surface area contributed by atoms with Crippen LogP contribution in [0.1, 0.15) is 29.9 Å². The molecule has 1 fully saturated rings. The van der Waals surface area contributed by atoms with Crippen LogP contribution in [0.2, 0.25) is 0 Å². The summed E-state index contributed by atoms with van der Waals surface area (Å²) in [5, 5.41) is 3.78. The molecule has 0 bridgehead atoms. The topological polar surface area (TPSA) is 41.0 Å². The van der Waals surface area contributed by atoms with Gasteiger partial charge in [-0.15, -0.1) is 0 Å². The molecule has 4 heteroatoms. The molecule has 0 radical (unpaired) electrons. The van der Waals surface area contributed by atoms with Crippen LogP contribution in [0.3, 0.4) is 0 Å². The van der Waals surface area contributed by atoms with Gasteiger partial charge < -0.3 is 5.32 Å². The summed E-state index contributed by atoms with van der Waals surface area (Å²) in [6, 6.07) is 18.1. The molecule has 1 aromatic heterocycles. The summed E-state index contributed by atoms with van der Waals surface area (Å²) < 4.78 is 0. The maximum atomic E-state index is 4.18. The van der Waals surface area contributed by atoms with Crippen molar-refractivity contribution in [2.24, 2.45) is 0 Å². The summed E-state index contributed by atoms with van der Waals surface area (Å²) in [5.74, 6) is 0.538. The lowest BCUT2D eigenvalue weighted by molar-refractivity contribution is 0.264. The number of nitrogens with zero attached hydrogens (tertiary/aromatic N) is 3. The van der Waals surface area contributed by atoms with Crippen molar-refractivity contribution in [3.63, 3.8) is 0 Å². The van der Waals surface area contributed by atoms with Crippen molar-refractivity contribution in [2.75, 3.05) is 18.4 Å². The molecule has 3 heterocycles. The zero-order valence-electron chi connectivity index (χ0n) is 15.4. The van der Waals surface area contributed by atoms with E-state index in [-0.39, 0.29) is 0 Å². The molecule has 136 valence electrons. The van der Waals surface area contributed by atoms with Crippen LogP contribution in [0.5, 0.6) is 0 Å².